The average molecular weight is 412 g/mol. The van der Waals surface area contributed by atoms with Gasteiger partial charge in [-0.25, -0.2) is 4.39 Å². The fourth-order valence-corrected chi connectivity index (χ4v) is 3.77. The molecule has 1 aliphatic carbocycles. The van der Waals surface area contributed by atoms with Crippen molar-refractivity contribution in [3.8, 4) is 0 Å². The summed E-state index contributed by atoms with van der Waals surface area (Å²) in [5.74, 6) is -1.25. The van der Waals surface area contributed by atoms with E-state index in [2.05, 4.69) is 10.3 Å². The molecule has 1 atom stereocenters. The van der Waals surface area contributed by atoms with Gasteiger partial charge in [0.05, 0.1) is 29.7 Å². The molecule has 1 aromatic carbocycles. The minimum Gasteiger partial charge on any atom is -0.373 e. The van der Waals surface area contributed by atoms with Crippen molar-refractivity contribution in [1.29, 1.82) is 0 Å². The highest BCUT2D eigenvalue weighted by atomic mass is 19.4. The van der Waals surface area contributed by atoms with Crippen molar-refractivity contribution in [3.63, 3.8) is 0 Å². The second kappa shape index (κ2) is 7.89. The first kappa shape index (κ1) is 21.5. The van der Waals surface area contributed by atoms with Crippen molar-refractivity contribution in [2.24, 2.45) is 0 Å². The number of hydrogen-bond acceptors (Lipinski definition) is 3. The lowest BCUT2D eigenvalue weighted by molar-refractivity contribution is -0.159. The maximum absolute atomic E-state index is 13.8. The van der Waals surface area contributed by atoms with E-state index in [-0.39, 0.29) is 17.7 Å². The SMILES string of the molecule is CC(COC1(C)CCCC1)(CC(F)(F)F)NC(=O)c1cnc2c(F)cccc2c1. The number of nitrogens with one attached hydrogen (secondary N) is 1. The fourth-order valence-electron chi connectivity index (χ4n) is 3.77. The van der Waals surface area contributed by atoms with Gasteiger partial charge in [-0.3, -0.25) is 9.78 Å². The van der Waals surface area contributed by atoms with Gasteiger partial charge in [-0.15, -0.1) is 0 Å². The van der Waals surface area contributed by atoms with Crippen LogP contribution in [0.5, 0.6) is 0 Å². The van der Waals surface area contributed by atoms with E-state index in [1.165, 1.54) is 25.1 Å². The number of halogens is 4. The molecule has 29 heavy (non-hydrogen) atoms. The van der Waals surface area contributed by atoms with E-state index in [1.807, 2.05) is 6.92 Å². The molecule has 2 aromatic rings. The van der Waals surface area contributed by atoms with Crippen LogP contribution in [0.1, 0.15) is 56.3 Å². The zero-order chi connectivity index (χ0) is 21.3. The van der Waals surface area contributed by atoms with Crippen LogP contribution < -0.4 is 5.32 Å². The lowest BCUT2D eigenvalue weighted by atomic mass is 9.96. The number of fused-ring (bicyclic) bond motifs is 1. The van der Waals surface area contributed by atoms with Crippen LogP contribution in [-0.4, -0.2) is 34.8 Å². The molecule has 158 valence electrons. The number of alkyl halides is 3. The van der Waals surface area contributed by atoms with E-state index in [4.69, 9.17) is 4.74 Å². The van der Waals surface area contributed by atoms with Gasteiger partial charge in [0.1, 0.15) is 11.3 Å². The van der Waals surface area contributed by atoms with Gasteiger partial charge >= 0.3 is 6.18 Å². The van der Waals surface area contributed by atoms with Crippen LogP contribution in [0, 0.1) is 5.82 Å². The topological polar surface area (TPSA) is 51.2 Å². The number of aromatic nitrogens is 1. The van der Waals surface area contributed by atoms with Crippen LogP contribution in [-0.2, 0) is 4.74 Å². The summed E-state index contributed by atoms with van der Waals surface area (Å²) in [7, 11) is 0. The Morgan fingerprint density at radius 3 is 2.62 bits per heavy atom. The van der Waals surface area contributed by atoms with Crippen molar-refractivity contribution >= 4 is 16.8 Å². The second-order valence-electron chi connectivity index (χ2n) is 8.29. The molecule has 0 aliphatic heterocycles. The number of carbonyl (C=O) groups excluding carboxylic acids is 1. The highest BCUT2D eigenvalue weighted by Gasteiger charge is 2.42. The predicted octanol–water partition coefficient (Wildman–Crippen LogP) is 5.16. The Kier molecular flexibility index (Phi) is 5.85. The van der Waals surface area contributed by atoms with Gasteiger partial charge in [-0.2, -0.15) is 13.2 Å². The molecule has 0 saturated heterocycles. The third-order valence-corrected chi connectivity index (χ3v) is 5.33. The predicted molar refractivity (Wildman–Crippen MR) is 101 cm³/mol. The van der Waals surface area contributed by atoms with E-state index >= 15 is 0 Å². The Hall–Kier alpha value is -2.22. The van der Waals surface area contributed by atoms with E-state index in [0.29, 0.717) is 5.39 Å². The second-order valence-corrected chi connectivity index (χ2v) is 8.29. The van der Waals surface area contributed by atoms with E-state index in [0.717, 1.165) is 31.9 Å². The van der Waals surface area contributed by atoms with E-state index in [9.17, 15) is 22.4 Å². The number of nitrogens with zero attached hydrogens (tertiary/aromatic N) is 1. The third kappa shape index (κ3) is 5.44. The number of rotatable bonds is 6. The summed E-state index contributed by atoms with van der Waals surface area (Å²) in [5.41, 5.74) is -1.96. The lowest BCUT2D eigenvalue weighted by Gasteiger charge is -2.35. The number of carbonyl (C=O) groups is 1. The molecular formula is C21H24F4N2O2. The first-order valence-corrected chi connectivity index (χ1v) is 9.56. The van der Waals surface area contributed by atoms with Crippen molar-refractivity contribution in [2.75, 3.05) is 6.61 Å². The molecule has 1 aromatic heterocycles. The van der Waals surface area contributed by atoms with Crippen LogP contribution in [0.2, 0.25) is 0 Å². The van der Waals surface area contributed by atoms with Gasteiger partial charge in [-0.1, -0.05) is 25.0 Å². The Morgan fingerprint density at radius 2 is 1.97 bits per heavy atom. The molecule has 0 bridgehead atoms. The summed E-state index contributed by atoms with van der Waals surface area (Å²) in [6, 6.07) is 5.72. The molecule has 0 spiro atoms. The molecule has 3 rings (SSSR count). The van der Waals surface area contributed by atoms with Crippen LogP contribution >= 0.6 is 0 Å². The molecule has 1 saturated carbocycles. The Labute approximate surface area is 166 Å². The van der Waals surface area contributed by atoms with Gasteiger partial charge in [-0.05, 0) is 38.8 Å². The lowest BCUT2D eigenvalue weighted by Crippen LogP contribution is -2.53. The third-order valence-electron chi connectivity index (χ3n) is 5.33. The molecule has 1 amide bonds. The summed E-state index contributed by atoms with van der Waals surface area (Å²) in [5, 5.41) is 2.86. The smallest absolute Gasteiger partial charge is 0.373 e. The minimum absolute atomic E-state index is 0.0589. The summed E-state index contributed by atoms with van der Waals surface area (Å²) in [6.07, 6.45) is -1.04. The van der Waals surface area contributed by atoms with Gasteiger partial charge in [0.25, 0.3) is 5.91 Å². The molecule has 8 heteroatoms. The Balaban J connectivity index is 1.79. The highest BCUT2D eigenvalue weighted by Crippen LogP contribution is 2.35. The number of pyridine rings is 1. The Morgan fingerprint density at radius 1 is 1.28 bits per heavy atom. The molecule has 1 fully saturated rings. The summed E-state index contributed by atoms with van der Waals surface area (Å²) in [6.45, 7) is 2.95. The first-order chi connectivity index (χ1) is 13.5. The fraction of sp³-hybridized carbons (Fsp3) is 0.524. The number of para-hydroxylation sites is 1. The highest BCUT2D eigenvalue weighted by molar-refractivity contribution is 5.97. The normalized spacial score (nSPS) is 18.6. The van der Waals surface area contributed by atoms with Gasteiger partial charge in [0, 0.05) is 11.6 Å². The number of benzene rings is 1. The molecule has 1 N–H and O–H groups in total. The molecule has 4 nitrogen and oxygen atoms in total. The summed E-state index contributed by atoms with van der Waals surface area (Å²) >= 11 is 0. The number of ether oxygens (including phenoxy) is 1. The number of amides is 1. The summed E-state index contributed by atoms with van der Waals surface area (Å²) < 4.78 is 59.2. The van der Waals surface area contributed by atoms with E-state index in [1.54, 1.807) is 6.07 Å². The standard InChI is InChI=1S/C21H24F4N2O2/c1-19(12-21(23,24)25,13-29-20(2)8-3-4-9-20)27-18(28)15-10-14-6-5-7-16(22)17(14)26-11-15/h5-7,10-11H,3-4,8-9,12-13H2,1-2H3,(H,27,28). The van der Waals surface area contributed by atoms with Gasteiger partial charge < -0.3 is 10.1 Å². The van der Waals surface area contributed by atoms with Crippen LogP contribution in [0.25, 0.3) is 10.9 Å². The maximum atomic E-state index is 13.8. The quantitative estimate of drug-likeness (QED) is 0.667. The van der Waals surface area contributed by atoms with Crippen molar-refractivity contribution in [2.45, 2.75) is 63.3 Å². The average Bonchev–Trinajstić information content (AvgIpc) is 3.06. The van der Waals surface area contributed by atoms with Crippen LogP contribution in [0.4, 0.5) is 17.6 Å². The van der Waals surface area contributed by atoms with Crippen molar-refractivity contribution in [3.05, 3.63) is 41.8 Å². The molecular weight excluding hydrogens is 388 g/mol. The largest absolute Gasteiger partial charge is 0.391 e. The molecule has 1 heterocycles. The zero-order valence-electron chi connectivity index (χ0n) is 16.4. The minimum atomic E-state index is -4.48. The van der Waals surface area contributed by atoms with E-state index < -0.39 is 35.5 Å². The van der Waals surface area contributed by atoms with Gasteiger partial charge in [0.2, 0.25) is 0 Å². The number of hydrogen-bond donors (Lipinski definition) is 1. The zero-order valence-corrected chi connectivity index (χ0v) is 16.4. The van der Waals surface area contributed by atoms with Gasteiger partial charge in [0.15, 0.2) is 0 Å². The summed E-state index contributed by atoms with van der Waals surface area (Å²) in [4.78, 5) is 16.6. The molecule has 1 aliphatic rings. The van der Waals surface area contributed by atoms with Crippen LogP contribution in [0.15, 0.2) is 30.5 Å². The monoisotopic (exact) mass is 412 g/mol. The molecule has 0 radical (unpaired) electrons. The molecule has 1 unspecified atom stereocenters. The maximum Gasteiger partial charge on any atom is 0.391 e. The Bertz CT molecular complexity index is 894. The van der Waals surface area contributed by atoms with Crippen molar-refractivity contribution < 1.29 is 27.1 Å². The van der Waals surface area contributed by atoms with Crippen molar-refractivity contribution in [1.82, 2.24) is 10.3 Å². The first-order valence-electron chi connectivity index (χ1n) is 9.56. The van der Waals surface area contributed by atoms with Crippen LogP contribution in [0.3, 0.4) is 0 Å².